The number of nitrogens with one attached hydrogen (secondary N) is 1. The van der Waals surface area contributed by atoms with E-state index in [2.05, 4.69) is 46.6 Å². The van der Waals surface area contributed by atoms with Gasteiger partial charge in [-0.25, -0.2) is 0 Å². The highest BCUT2D eigenvalue weighted by Gasteiger charge is 2.28. The highest BCUT2D eigenvalue weighted by molar-refractivity contribution is 5.81. The van der Waals surface area contributed by atoms with E-state index in [1.165, 1.54) is 5.56 Å². The Balaban J connectivity index is 1.07. The quantitative estimate of drug-likeness (QED) is 0.233. The summed E-state index contributed by atoms with van der Waals surface area (Å²) in [6.45, 7) is 2.66. The molecule has 1 aromatic heterocycles. The lowest BCUT2D eigenvalue weighted by Crippen LogP contribution is -2.41. The number of ether oxygens (including phenoxy) is 1. The van der Waals surface area contributed by atoms with Gasteiger partial charge in [-0.05, 0) is 73.5 Å². The largest absolute Gasteiger partial charge is 0.457 e. The summed E-state index contributed by atoms with van der Waals surface area (Å²) in [6, 6.07) is 40.1. The lowest BCUT2D eigenvalue weighted by atomic mass is 9.94. The number of benzene rings is 4. The molecule has 40 heavy (non-hydrogen) atoms. The predicted molar refractivity (Wildman–Crippen MR) is 159 cm³/mol. The van der Waals surface area contributed by atoms with Crippen LogP contribution in [-0.4, -0.2) is 28.9 Å². The second-order valence-corrected chi connectivity index (χ2v) is 10.4. The number of para-hydroxylation sites is 2. The fourth-order valence-electron chi connectivity index (χ4n) is 5.38. The van der Waals surface area contributed by atoms with Crippen molar-refractivity contribution in [1.82, 2.24) is 15.2 Å². The zero-order chi connectivity index (χ0) is 27.1. The Morgan fingerprint density at radius 3 is 2.17 bits per heavy atom. The molecule has 5 nitrogen and oxygen atoms in total. The molecule has 1 amide bonds. The second kappa shape index (κ2) is 12.1. The van der Waals surface area contributed by atoms with E-state index in [1.54, 1.807) is 0 Å². The Morgan fingerprint density at radius 1 is 0.775 bits per heavy atom. The van der Waals surface area contributed by atoms with Gasteiger partial charge in [0, 0.05) is 17.8 Å². The molecular formula is C35H33N3O2. The maximum atomic E-state index is 13.5. The van der Waals surface area contributed by atoms with Crippen LogP contribution in [0.2, 0.25) is 0 Å². The third kappa shape index (κ3) is 6.22. The number of piperidine rings is 1. The number of amides is 1. The van der Waals surface area contributed by atoms with Crippen molar-refractivity contribution in [2.45, 2.75) is 25.4 Å². The van der Waals surface area contributed by atoms with Crippen LogP contribution in [-0.2, 0) is 11.3 Å². The zero-order valence-corrected chi connectivity index (χ0v) is 22.4. The molecule has 1 aliphatic rings. The first-order valence-corrected chi connectivity index (χ1v) is 14.0. The van der Waals surface area contributed by atoms with Gasteiger partial charge in [0.2, 0.25) is 5.91 Å². The van der Waals surface area contributed by atoms with Gasteiger partial charge in [0.15, 0.2) is 0 Å². The van der Waals surface area contributed by atoms with Gasteiger partial charge in [-0.2, -0.15) is 0 Å². The molecule has 2 heterocycles. The van der Waals surface area contributed by atoms with Crippen LogP contribution >= 0.6 is 0 Å². The van der Waals surface area contributed by atoms with E-state index < -0.39 is 0 Å². The fraction of sp³-hybridized carbons (Fsp3) is 0.200. The molecule has 200 valence electrons. The van der Waals surface area contributed by atoms with Crippen molar-refractivity contribution in [2.75, 3.05) is 13.1 Å². The van der Waals surface area contributed by atoms with E-state index in [1.807, 2.05) is 84.9 Å². The van der Waals surface area contributed by atoms with Gasteiger partial charge >= 0.3 is 0 Å². The predicted octanol–water partition coefficient (Wildman–Crippen LogP) is 7.14. The Hall–Kier alpha value is -4.48. The summed E-state index contributed by atoms with van der Waals surface area (Å²) >= 11 is 0. The Morgan fingerprint density at radius 2 is 1.43 bits per heavy atom. The Bertz CT molecular complexity index is 1550. The number of fused-ring (bicyclic) bond motifs is 1. The van der Waals surface area contributed by atoms with E-state index in [0.717, 1.165) is 66.1 Å². The Kier molecular flexibility index (Phi) is 7.83. The SMILES string of the molecule is O=C(NC(c1ccccc1)c1ccc2ccccc2n1)C1CCN(Cc2ccc(Oc3ccccc3)cc2)CC1. The number of carbonyl (C=O) groups is 1. The number of pyridine rings is 1. The second-order valence-electron chi connectivity index (χ2n) is 10.4. The fourth-order valence-corrected chi connectivity index (χ4v) is 5.38. The molecule has 1 fully saturated rings. The number of carbonyl (C=O) groups excluding carboxylic acids is 1. The standard InChI is InChI=1S/C35H33N3O2/c39-35(37-34(28-10-3-1-4-11-28)33-20-17-27-9-7-8-14-32(27)36-33)29-21-23-38(24-22-29)25-26-15-18-31(19-16-26)40-30-12-5-2-6-13-30/h1-20,29,34H,21-25H2,(H,37,39). The molecule has 1 atom stereocenters. The number of likely N-dealkylation sites (tertiary alicyclic amines) is 1. The average Bonchev–Trinajstić information content (AvgIpc) is 3.02. The van der Waals surface area contributed by atoms with Crippen molar-refractivity contribution < 1.29 is 9.53 Å². The summed E-state index contributed by atoms with van der Waals surface area (Å²) in [5.41, 5.74) is 4.07. The molecule has 0 spiro atoms. The van der Waals surface area contributed by atoms with Crippen molar-refractivity contribution in [3.8, 4) is 11.5 Å². The first kappa shape index (κ1) is 25.8. The topological polar surface area (TPSA) is 54.5 Å². The summed E-state index contributed by atoms with van der Waals surface area (Å²) < 4.78 is 5.92. The third-order valence-corrected chi connectivity index (χ3v) is 7.60. The normalized spacial score (nSPS) is 15.0. The number of hydrogen-bond donors (Lipinski definition) is 1. The van der Waals surface area contributed by atoms with Crippen LogP contribution in [0.5, 0.6) is 11.5 Å². The van der Waals surface area contributed by atoms with Gasteiger partial charge in [0.25, 0.3) is 0 Å². The molecule has 0 bridgehead atoms. The summed E-state index contributed by atoms with van der Waals surface area (Å²) in [4.78, 5) is 20.8. The van der Waals surface area contributed by atoms with Gasteiger partial charge in [-0.15, -0.1) is 0 Å². The van der Waals surface area contributed by atoms with Crippen molar-refractivity contribution in [1.29, 1.82) is 0 Å². The van der Waals surface area contributed by atoms with Crippen LogP contribution < -0.4 is 10.1 Å². The zero-order valence-electron chi connectivity index (χ0n) is 22.4. The highest BCUT2D eigenvalue weighted by Crippen LogP contribution is 2.27. The minimum atomic E-state index is -0.284. The van der Waals surface area contributed by atoms with Gasteiger partial charge in [0.05, 0.1) is 17.3 Å². The van der Waals surface area contributed by atoms with Gasteiger partial charge < -0.3 is 10.1 Å². The van der Waals surface area contributed by atoms with Gasteiger partial charge in [-0.1, -0.05) is 84.9 Å². The summed E-state index contributed by atoms with van der Waals surface area (Å²) in [5, 5.41) is 4.43. The van der Waals surface area contributed by atoms with E-state index >= 15 is 0 Å². The summed E-state index contributed by atoms with van der Waals surface area (Å²) in [5.74, 6) is 1.76. The van der Waals surface area contributed by atoms with Crippen LogP contribution in [0.25, 0.3) is 10.9 Å². The van der Waals surface area contributed by atoms with Crippen LogP contribution in [0.4, 0.5) is 0 Å². The van der Waals surface area contributed by atoms with Crippen LogP contribution in [0.3, 0.4) is 0 Å². The minimum Gasteiger partial charge on any atom is -0.457 e. The lowest BCUT2D eigenvalue weighted by Gasteiger charge is -2.32. The van der Waals surface area contributed by atoms with E-state index in [4.69, 9.17) is 9.72 Å². The van der Waals surface area contributed by atoms with Gasteiger partial charge in [-0.3, -0.25) is 14.7 Å². The Labute approximate surface area is 235 Å². The van der Waals surface area contributed by atoms with Crippen molar-refractivity contribution in [2.24, 2.45) is 5.92 Å². The number of rotatable bonds is 8. The molecule has 0 saturated carbocycles. The summed E-state index contributed by atoms with van der Waals surface area (Å²) in [6.07, 6.45) is 1.68. The molecule has 5 aromatic rings. The molecule has 0 aliphatic carbocycles. The van der Waals surface area contributed by atoms with Crippen molar-refractivity contribution in [3.63, 3.8) is 0 Å². The first-order valence-electron chi connectivity index (χ1n) is 14.0. The maximum absolute atomic E-state index is 13.5. The maximum Gasteiger partial charge on any atom is 0.224 e. The monoisotopic (exact) mass is 527 g/mol. The highest BCUT2D eigenvalue weighted by atomic mass is 16.5. The number of hydrogen-bond acceptors (Lipinski definition) is 4. The van der Waals surface area contributed by atoms with Crippen molar-refractivity contribution >= 4 is 16.8 Å². The first-order chi connectivity index (χ1) is 19.7. The van der Waals surface area contributed by atoms with E-state index in [-0.39, 0.29) is 17.9 Å². The lowest BCUT2D eigenvalue weighted by molar-refractivity contribution is -0.127. The van der Waals surface area contributed by atoms with E-state index in [0.29, 0.717) is 0 Å². The average molecular weight is 528 g/mol. The molecular weight excluding hydrogens is 494 g/mol. The van der Waals surface area contributed by atoms with Crippen LogP contribution in [0.15, 0.2) is 121 Å². The van der Waals surface area contributed by atoms with Crippen LogP contribution in [0, 0.1) is 5.92 Å². The molecule has 0 radical (unpaired) electrons. The van der Waals surface area contributed by atoms with Gasteiger partial charge in [0.1, 0.15) is 11.5 Å². The molecule has 1 aliphatic heterocycles. The molecule has 4 aromatic carbocycles. The molecule has 5 heteroatoms. The van der Waals surface area contributed by atoms with Crippen molar-refractivity contribution in [3.05, 3.63) is 138 Å². The third-order valence-electron chi connectivity index (χ3n) is 7.60. The number of nitrogens with zero attached hydrogens (tertiary/aromatic N) is 2. The number of aromatic nitrogens is 1. The van der Waals surface area contributed by atoms with E-state index in [9.17, 15) is 4.79 Å². The molecule has 1 saturated heterocycles. The smallest absolute Gasteiger partial charge is 0.224 e. The minimum absolute atomic E-state index is 0.00966. The molecule has 6 rings (SSSR count). The van der Waals surface area contributed by atoms with Crippen LogP contribution in [0.1, 0.15) is 35.7 Å². The molecule has 1 N–H and O–H groups in total. The molecule has 1 unspecified atom stereocenters. The summed E-state index contributed by atoms with van der Waals surface area (Å²) in [7, 11) is 0.